The quantitative estimate of drug-likeness (QED) is 0.813. The lowest BCUT2D eigenvalue weighted by atomic mass is 9.89. The zero-order valence-electron chi connectivity index (χ0n) is 9.86. The van der Waals surface area contributed by atoms with Gasteiger partial charge in [0.15, 0.2) is 0 Å². The first kappa shape index (κ1) is 10.3. The first-order chi connectivity index (χ1) is 7.92. The van der Waals surface area contributed by atoms with Crippen LogP contribution >= 0.6 is 0 Å². The third-order valence-corrected chi connectivity index (χ3v) is 4.46. The minimum Gasteiger partial charge on any atom is -0.312 e. The number of rotatable bonds is 4. The minimum absolute atomic E-state index is 0.975. The fourth-order valence-corrected chi connectivity index (χ4v) is 3.62. The van der Waals surface area contributed by atoms with Gasteiger partial charge in [0, 0.05) is 6.54 Å². The maximum atomic E-state index is 3.63. The van der Waals surface area contributed by atoms with E-state index in [4.69, 9.17) is 0 Å². The number of benzene rings is 1. The zero-order chi connectivity index (χ0) is 10.8. The summed E-state index contributed by atoms with van der Waals surface area (Å²) in [6.45, 7) is 2.27. The molecule has 1 nitrogen and oxygen atoms in total. The van der Waals surface area contributed by atoms with Gasteiger partial charge in [0.05, 0.1) is 0 Å². The van der Waals surface area contributed by atoms with Crippen molar-refractivity contribution in [3.8, 4) is 0 Å². The highest BCUT2D eigenvalue weighted by atomic mass is 14.9. The Morgan fingerprint density at radius 1 is 1.06 bits per heavy atom. The highest BCUT2D eigenvalue weighted by Crippen LogP contribution is 2.47. The lowest BCUT2D eigenvalue weighted by Gasteiger charge is -2.21. The molecule has 2 bridgehead atoms. The van der Waals surface area contributed by atoms with Crippen molar-refractivity contribution >= 4 is 0 Å². The zero-order valence-corrected chi connectivity index (χ0v) is 9.86. The normalized spacial score (nSPS) is 32.1. The van der Waals surface area contributed by atoms with Crippen LogP contribution in [0.15, 0.2) is 30.3 Å². The Balaban J connectivity index is 1.44. The first-order valence-electron chi connectivity index (χ1n) is 6.66. The van der Waals surface area contributed by atoms with Crippen molar-refractivity contribution in [2.45, 2.75) is 32.2 Å². The molecule has 16 heavy (non-hydrogen) atoms. The maximum absolute atomic E-state index is 3.63. The van der Waals surface area contributed by atoms with E-state index in [2.05, 4.69) is 35.6 Å². The molecule has 0 spiro atoms. The Labute approximate surface area is 98.3 Å². The maximum Gasteiger partial charge on any atom is 0.0205 e. The molecule has 2 aliphatic rings. The fraction of sp³-hybridized carbons (Fsp3) is 0.600. The summed E-state index contributed by atoms with van der Waals surface area (Å²) in [7, 11) is 0. The van der Waals surface area contributed by atoms with Gasteiger partial charge in [0.2, 0.25) is 0 Å². The van der Waals surface area contributed by atoms with Crippen molar-refractivity contribution in [3.05, 3.63) is 35.9 Å². The van der Waals surface area contributed by atoms with Gasteiger partial charge in [-0.05, 0) is 49.1 Å². The summed E-state index contributed by atoms with van der Waals surface area (Å²) in [6, 6.07) is 10.7. The SMILES string of the molecule is c1ccc(CNCC2CC3CCC2C3)cc1. The predicted octanol–water partition coefficient (Wildman–Crippen LogP) is 3.21. The van der Waals surface area contributed by atoms with Crippen molar-refractivity contribution in [1.82, 2.24) is 5.32 Å². The van der Waals surface area contributed by atoms with Crippen LogP contribution in [0.2, 0.25) is 0 Å². The van der Waals surface area contributed by atoms with Gasteiger partial charge < -0.3 is 5.32 Å². The second kappa shape index (κ2) is 4.58. The smallest absolute Gasteiger partial charge is 0.0205 e. The van der Waals surface area contributed by atoms with E-state index in [9.17, 15) is 0 Å². The lowest BCUT2D eigenvalue weighted by Crippen LogP contribution is -2.26. The number of fused-ring (bicyclic) bond motifs is 2. The average Bonchev–Trinajstić information content (AvgIpc) is 2.92. The molecular weight excluding hydrogens is 194 g/mol. The number of hydrogen-bond acceptors (Lipinski definition) is 1. The highest BCUT2D eigenvalue weighted by Gasteiger charge is 2.38. The van der Waals surface area contributed by atoms with Gasteiger partial charge in [0.1, 0.15) is 0 Å². The van der Waals surface area contributed by atoms with Crippen LogP contribution in [0.5, 0.6) is 0 Å². The van der Waals surface area contributed by atoms with Gasteiger partial charge in [0.25, 0.3) is 0 Å². The molecule has 2 saturated carbocycles. The van der Waals surface area contributed by atoms with Gasteiger partial charge in [-0.3, -0.25) is 0 Å². The molecule has 1 aromatic rings. The molecule has 1 aromatic carbocycles. The molecule has 0 radical (unpaired) electrons. The van der Waals surface area contributed by atoms with E-state index in [1.54, 1.807) is 0 Å². The van der Waals surface area contributed by atoms with Crippen molar-refractivity contribution in [2.75, 3.05) is 6.54 Å². The molecule has 0 aliphatic heterocycles. The minimum atomic E-state index is 0.975. The average molecular weight is 215 g/mol. The van der Waals surface area contributed by atoms with Crippen LogP contribution in [-0.2, 0) is 6.54 Å². The van der Waals surface area contributed by atoms with E-state index >= 15 is 0 Å². The Morgan fingerprint density at radius 2 is 1.94 bits per heavy atom. The Hall–Kier alpha value is -0.820. The van der Waals surface area contributed by atoms with Crippen LogP contribution < -0.4 is 5.32 Å². The highest BCUT2D eigenvalue weighted by molar-refractivity contribution is 5.14. The molecular formula is C15H21N. The van der Waals surface area contributed by atoms with Crippen LogP contribution in [0, 0.1) is 17.8 Å². The summed E-state index contributed by atoms with van der Waals surface area (Å²) in [5, 5.41) is 3.63. The van der Waals surface area contributed by atoms with Crippen LogP contribution in [0.25, 0.3) is 0 Å². The molecule has 0 saturated heterocycles. The van der Waals surface area contributed by atoms with E-state index < -0.39 is 0 Å². The molecule has 1 N–H and O–H groups in total. The Kier molecular flexibility index (Phi) is 2.96. The summed E-state index contributed by atoms with van der Waals surface area (Å²) < 4.78 is 0. The number of hydrogen-bond donors (Lipinski definition) is 1. The van der Waals surface area contributed by atoms with Crippen molar-refractivity contribution < 1.29 is 0 Å². The van der Waals surface area contributed by atoms with E-state index in [0.29, 0.717) is 0 Å². The molecule has 86 valence electrons. The first-order valence-corrected chi connectivity index (χ1v) is 6.66. The van der Waals surface area contributed by atoms with E-state index in [-0.39, 0.29) is 0 Å². The summed E-state index contributed by atoms with van der Waals surface area (Å²) in [6.07, 6.45) is 6.03. The molecule has 2 aliphatic carbocycles. The molecule has 0 heterocycles. The molecule has 2 fully saturated rings. The van der Waals surface area contributed by atoms with Crippen LogP contribution in [0.3, 0.4) is 0 Å². The summed E-state index contributed by atoms with van der Waals surface area (Å²) in [5.41, 5.74) is 1.41. The van der Waals surface area contributed by atoms with Gasteiger partial charge >= 0.3 is 0 Å². The second-order valence-corrected chi connectivity index (χ2v) is 5.55. The Bertz CT molecular complexity index is 333. The summed E-state index contributed by atoms with van der Waals surface area (Å²) in [5.74, 6) is 3.10. The molecule has 1 heteroatoms. The van der Waals surface area contributed by atoms with E-state index in [1.165, 1.54) is 37.8 Å². The van der Waals surface area contributed by atoms with Gasteiger partial charge in [-0.25, -0.2) is 0 Å². The van der Waals surface area contributed by atoms with E-state index in [1.807, 2.05) is 0 Å². The largest absolute Gasteiger partial charge is 0.312 e. The summed E-state index contributed by atoms with van der Waals surface area (Å²) in [4.78, 5) is 0. The fourth-order valence-electron chi connectivity index (χ4n) is 3.62. The standard InChI is InChI=1S/C15H21N/c1-2-4-12(5-3-1)10-16-11-15-9-13-6-7-14(15)8-13/h1-5,13-16H,6-11H2. The molecule has 3 unspecified atom stereocenters. The topological polar surface area (TPSA) is 12.0 Å². The van der Waals surface area contributed by atoms with Crippen molar-refractivity contribution in [1.29, 1.82) is 0 Å². The molecule has 0 aromatic heterocycles. The lowest BCUT2D eigenvalue weighted by molar-refractivity contribution is 0.318. The summed E-state index contributed by atoms with van der Waals surface area (Å²) >= 11 is 0. The van der Waals surface area contributed by atoms with Crippen LogP contribution in [0.1, 0.15) is 31.2 Å². The van der Waals surface area contributed by atoms with Gasteiger partial charge in [-0.2, -0.15) is 0 Å². The van der Waals surface area contributed by atoms with Crippen LogP contribution in [0.4, 0.5) is 0 Å². The van der Waals surface area contributed by atoms with Gasteiger partial charge in [-0.15, -0.1) is 0 Å². The van der Waals surface area contributed by atoms with Crippen molar-refractivity contribution in [2.24, 2.45) is 17.8 Å². The number of nitrogens with one attached hydrogen (secondary N) is 1. The molecule has 0 amide bonds. The third-order valence-electron chi connectivity index (χ3n) is 4.46. The van der Waals surface area contributed by atoms with Crippen molar-refractivity contribution in [3.63, 3.8) is 0 Å². The Morgan fingerprint density at radius 3 is 2.62 bits per heavy atom. The second-order valence-electron chi connectivity index (χ2n) is 5.55. The monoisotopic (exact) mass is 215 g/mol. The van der Waals surface area contributed by atoms with E-state index in [0.717, 1.165) is 24.3 Å². The third kappa shape index (κ3) is 2.15. The predicted molar refractivity (Wildman–Crippen MR) is 67.1 cm³/mol. The van der Waals surface area contributed by atoms with Gasteiger partial charge in [-0.1, -0.05) is 36.8 Å². The molecule has 3 rings (SSSR count). The van der Waals surface area contributed by atoms with Crippen LogP contribution in [-0.4, -0.2) is 6.54 Å². The molecule has 3 atom stereocenters.